The van der Waals surface area contributed by atoms with Gasteiger partial charge in [0.25, 0.3) is 0 Å². The number of nitrogens with zero attached hydrogens (tertiary/aromatic N) is 2. The minimum absolute atomic E-state index is 0.00217. The second kappa shape index (κ2) is 6.81. The second-order valence-corrected chi connectivity index (χ2v) is 8.68. The van der Waals surface area contributed by atoms with Gasteiger partial charge in [-0.15, -0.1) is 0 Å². The van der Waals surface area contributed by atoms with Crippen LogP contribution in [0.4, 0.5) is 4.79 Å². The molecule has 26 heavy (non-hydrogen) atoms. The van der Waals surface area contributed by atoms with Crippen LogP contribution in [-0.2, 0) is 19.9 Å². The number of halogens is 1. The minimum atomic E-state index is -1.01. The molecule has 2 bridgehead atoms. The van der Waals surface area contributed by atoms with Crippen LogP contribution in [0.3, 0.4) is 0 Å². The maximum atomic E-state index is 12.5. The topological polar surface area (TPSA) is 89.0 Å². The molecule has 3 rings (SSSR count). The van der Waals surface area contributed by atoms with E-state index in [1.165, 1.54) is 0 Å². The Morgan fingerprint density at radius 2 is 2.15 bits per heavy atom. The van der Waals surface area contributed by atoms with E-state index in [0.717, 1.165) is 12.0 Å². The van der Waals surface area contributed by atoms with Gasteiger partial charge in [-0.3, -0.25) is 0 Å². The van der Waals surface area contributed by atoms with Crippen molar-refractivity contribution in [2.24, 2.45) is 5.92 Å². The summed E-state index contributed by atoms with van der Waals surface area (Å²) in [6, 6.07) is 3.68. The second-order valence-electron chi connectivity index (χ2n) is 7.86. The van der Waals surface area contributed by atoms with Gasteiger partial charge in [0.15, 0.2) is 0 Å². The molecule has 0 aromatic carbocycles. The first-order chi connectivity index (χ1) is 12.1. The third kappa shape index (κ3) is 3.71. The molecule has 2 fully saturated rings. The van der Waals surface area contributed by atoms with Gasteiger partial charge < -0.3 is 19.5 Å². The highest BCUT2D eigenvalue weighted by atomic mass is 79.9. The standard InChI is InChI=1S/C18H23BrN2O5/c1-17(2,3)26-16(24)21-9-12-6-13(21)7-18(12,25-10-15(22)23)11-4-5-14(19)20-8-11/h4-5,8,12-13H,6-7,9-10H2,1-3H3,(H,22,23). The summed E-state index contributed by atoms with van der Waals surface area (Å²) in [5.41, 5.74) is -0.445. The zero-order valence-corrected chi connectivity index (χ0v) is 16.7. The van der Waals surface area contributed by atoms with E-state index in [-0.39, 0.29) is 24.7 Å². The van der Waals surface area contributed by atoms with Crippen molar-refractivity contribution >= 4 is 28.0 Å². The van der Waals surface area contributed by atoms with Gasteiger partial charge in [0.1, 0.15) is 22.4 Å². The van der Waals surface area contributed by atoms with Crippen molar-refractivity contribution in [2.75, 3.05) is 13.2 Å². The number of likely N-dealkylation sites (tertiary alicyclic amines) is 1. The summed E-state index contributed by atoms with van der Waals surface area (Å²) in [7, 11) is 0. The van der Waals surface area contributed by atoms with E-state index in [9.17, 15) is 9.59 Å². The number of ether oxygens (including phenoxy) is 2. The molecule has 2 aliphatic rings. The van der Waals surface area contributed by atoms with E-state index in [4.69, 9.17) is 14.6 Å². The molecule has 1 N–H and O–H groups in total. The number of pyridine rings is 1. The van der Waals surface area contributed by atoms with Gasteiger partial charge in [-0.25, -0.2) is 14.6 Å². The van der Waals surface area contributed by atoms with Gasteiger partial charge >= 0.3 is 12.1 Å². The smallest absolute Gasteiger partial charge is 0.410 e. The van der Waals surface area contributed by atoms with Crippen LogP contribution in [-0.4, -0.2) is 51.8 Å². The van der Waals surface area contributed by atoms with E-state index in [1.807, 2.05) is 32.9 Å². The fourth-order valence-electron chi connectivity index (χ4n) is 3.94. The molecular formula is C18H23BrN2O5. The molecular weight excluding hydrogens is 404 g/mol. The molecule has 7 nitrogen and oxygen atoms in total. The Labute approximate surface area is 160 Å². The monoisotopic (exact) mass is 426 g/mol. The summed E-state index contributed by atoms with van der Waals surface area (Å²) in [6.45, 7) is 5.62. The molecule has 1 saturated heterocycles. The number of aromatic nitrogens is 1. The van der Waals surface area contributed by atoms with E-state index in [2.05, 4.69) is 20.9 Å². The molecule has 1 aliphatic carbocycles. The molecule has 0 spiro atoms. The quantitative estimate of drug-likeness (QED) is 0.743. The number of rotatable bonds is 4. The molecule has 3 atom stereocenters. The summed E-state index contributed by atoms with van der Waals surface area (Å²) in [5.74, 6) is -1.01. The lowest BCUT2D eigenvalue weighted by molar-refractivity contribution is -0.157. The number of carboxylic acid groups (broad SMARTS) is 1. The summed E-state index contributed by atoms with van der Waals surface area (Å²) < 4.78 is 12.1. The largest absolute Gasteiger partial charge is 0.480 e. The van der Waals surface area contributed by atoms with Gasteiger partial charge in [-0.2, -0.15) is 0 Å². The fraction of sp³-hybridized carbons (Fsp3) is 0.611. The van der Waals surface area contributed by atoms with Crippen LogP contribution in [0.1, 0.15) is 39.2 Å². The van der Waals surface area contributed by atoms with E-state index < -0.39 is 17.2 Å². The first kappa shape index (κ1) is 19.1. The molecule has 3 unspecified atom stereocenters. The van der Waals surface area contributed by atoms with Crippen LogP contribution in [0.15, 0.2) is 22.9 Å². The van der Waals surface area contributed by atoms with Crippen molar-refractivity contribution in [1.29, 1.82) is 0 Å². The third-order valence-electron chi connectivity index (χ3n) is 4.91. The van der Waals surface area contributed by atoms with Crippen LogP contribution in [0.25, 0.3) is 0 Å². The molecule has 1 aliphatic heterocycles. The van der Waals surface area contributed by atoms with Crippen molar-refractivity contribution in [3.05, 3.63) is 28.5 Å². The van der Waals surface area contributed by atoms with Crippen molar-refractivity contribution in [2.45, 2.75) is 50.9 Å². The van der Waals surface area contributed by atoms with Gasteiger partial charge in [0.2, 0.25) is 0 Å². The normalized spacial score (nSPS) is 27.6. The molecule has 1 aromatic rings. The average Bonchev–Trinajstić information content (AvgIpc) is 3.10. The number of carbonyl (C=O) groups excluding carboxylic acids is 1. The Balaban J connectivity index is 1.82. The van der Waals surface area contributed by atoms with Crippen LogP contribution in [0, 0.1) is 5.92 Å². The molecule has 0 radical (unpaired) electrons. The lowest BCUT2D eigenvalue weighted by Crippen LogP contribution is -2.49. The minimum Gasteiger partial charge on any atom is -0.480 e. The average molecular weight is 427 g/mol. The van der Waals surface area contributed by atoms with Crippen molar-refractivity contribution in [3.8, 4) is 0 Å². The van der Waals surface area contributed by atoms with Gasteiger partial charge in [-0.05, 0) is 49.2 Å². The summed E-state index contributed by atoms with van der Waals surface area (Å²) >= 11 is 3.32. The Bertz CT molecular complexity index is 703. The highest BCUT2D eigenvalue weighted by molar-refractivity contribution is 9.10. The molecule has 2 heterocycles. The Morgan fingerprint density at radius 1 is 1.42 bits per heavy atom. The predicted octanol–water partition coefficient (Wildman–Crippen LogP) is 3.17. The number of aliphatic carboxylic acids is 1. The number of carboxylic acids is 1. The van der Waals surface area contributed by atoms with Gasteiger partial charge in [0.05, 0.1) is 0 Å². The molecule has 142 valence electrons. The lowest BCUT2D eigenvalue weighted by Gasteiger charge is -2.41. The van der Waals surface area contributed by atoms with Crippen molar-refractivity contribution in [1.82, 2.24) is 9.88 Å². The van der Waals surface area contributed by atoms with Crippen LogP contribution in [0.5, 0.6) is 0 Å². The first-order valence-corrected chi connectivity index (χ1v) is 9.37. The van der Waals surface area contributed by atoms with E-state index >= 15 is 0 Å². The number of amides is 1. The summed E-state index contributed by atoms with van der Waals surface area (Å²) in [6.07, 6.45) is 2.68. The highest BCUT2D eigenvalue weighted by Gasteiger charge is 2.58. The Morgan fingerprint density at radius 3 is 2.65 bits per heavy atom. The zero-order valence-electron chi connectivity index (χ0n) is 15.1. The van der Waals surface area contributed by atoms with Crippen molar-refractivity contribution < 1.29 is 24.2 Å². The van der Waals surface area contributed by atoms with Gasteiger partial charge in [0, 0.05) is 36.7 Å². The summed E-state index contributed by atoms with van der Waals surface area (Å²) in [5, 5.41) is 9.08. The van der Waals surface area contributed by atoms with Crippen LogP contribution >= 0.6 is 15.9 Å². The SMILES string of the molecule is CC(C)(C)OC(=O)N1CC2CC1CC2(OCC(=O)O)c1ccc(Br)nc1. The maximum Gasteiger partial charge on any atom is 0.410 e. The number of fused-ring (bicyclic) bond motifs is 2. The van der Waals surface area contributed by atoms with Gasteiger partial charge in [-0.1, -0.05) is 6.07 Å². The number of piperidine rings is 1. The molecule has 8 heteroatoms. The van der Waals surface area contributed by atoms with E-state index in [0.29, 0.717) is 17.6 Å². The molecule has 1 saturated carbocycles. The number of hydrogen-bond donors (Lipinski definition) is 1. The Hall–Kier alpha value is -1.67. The Kier molecular flexibility index (Phi) is 5.00. The first-order valence-electron chi connectivity index (χ1n) is 8.58. The number of carbonyl (C=O) groups is 2. The summed E-state index contributed by atoms with van der Waals surface area (Å²) in [4.78, 5) is 29.6. The molecule has 1 aromatic heterocycles. The third-order valence-corrected chi connectivity index (χ3v) is 5.38. The fourth-order valence-corrected chi connectivity index (χ4v) is 4.17. The highest BCUT2D eigenvalue weighted by Crippen LogP contribution is 2.53. The van der Waals surface area contributed by atoms with E-state index in [1.54, 1.807) is 11.1 Å². The van der Waals surface area contributed by atoms with Crippen LogP contribution < -0.4 is 0 Å². The zero-order chi connectivity index (χ0) is 19.1. The molecule has 1 amide bonds. The predicted molar refractivity (Wildman–Crippen MR) is 96.7 cm³/mol. The number of hydrogen-bond acceptors (Lipinski definition) is 5. The van der Waals surface area contributed by atoms with Crippen LogP contribution in [0.2, 0.25) is 0 Å². The lowest BCUT2D eigenvalue weighted by atomic mass is 9.83. The maximum absolute atomic E-state index is 12.5. The van der Waals surface area contributed by atoms with Crippen molar-refractivity contribution in [3.63, 3.8) is 0 Å².